The first kappa shape index (κ1) is 20.6. The predicted molar refractivity (Wildman–Crippen MR) is 108 cm³/mol. The molecule has 6 nitrogen and oxygen atoms in total. The first-order valence-corrected chi connectivity index (χ1v) is 8.78. The van der Waals surface area contributed by atoms with Crippen LogP contribution in [-0.4, -0.2) is 24.5 Å². The molecule has 9 heteroatoms. The summed E-state index contributed by atoms with van der Waals surface area (Å²) in [6, 6.07) is 6.86. The molecule has 4 rings (SSSR count). The number of nitrogens with one attached hydrogen (secondary N) is 1. The average Bonchev–Trinajstić information content (AvgIpc) is 3.06. The molecule has 1 aromatic carbocycles. The number of aromatic nitrogens is 5. The summed E-state index contributed by atoms with van der Waals surface area (Å²) in [5.41, 5.74) is 2.17. The van der Waals surface area contributed by atoms with Crippen LogP contribution >= 0.6 is 12.4 Å². The van der Waals surface area contributed by atoms with Gasteiger partial charge in [-0.3, -0.25) is 9.78 Å². The van der Waals surface area contributed by atoms with E-state index < -0.39 is 11.6 Å². The Morgan fingerprint density at radius 3 is 2.45 bits per heavy atom. The van der Waals surface area contributed by atoms with E-state index in [4.69, 9.17) is 0 Å². The van der Waals surface area contributed by atoms with Crippen molar-refractivity contribution in [2.75, 3.05) is 0 Å². The molecule has 0 atom stereocenters. The minimum Gasteiger partial charge on any atom is -0.313 e. The van der Waals surface area contributed by atoms with Crippen molar-refractivity contribution in [3.05, 3.63) is 76.2 Å². The van der Waals surface area contributed by atoms with Gasteiger partial charge in [-0.1, -0.05) is 6.07 Å². The van der Waals surface area contributed by atoms with Gasteiger partial charge in [0, 0.05) is 30.3 Å². The standard InChI is InChI=1S/C20H17F2N5O.ClH/c1-11(2)27-10-24-18-19(27)25-17(26-20(18)28)5-12-3-4-16(23-9-12)13-6-14(21)8-15(22)7-13;/h3-4,6-11H,5H2,1-2H3,(H,25,26,28);1H. The molecule has 150 valence electrons. The molecular formula is C20H18ClF2N5O. The number of pyridine rings is 1. The SMILES string of the molecule is CC(C)n1cnc2c(=O)[nH]c(Cc3ccc(-c4cc(F)cc(F)c4)nc3)nc21.Cl. The maximum atomic E-state index is 13.4. The Hall–Kier alpha value is -3.13. The minimum atomic E-state index is -0.655. The molecule has 0 fully saturated rings. The van der Waals surface area contributed by atoms with Gasteiger partial charge in [-0.15, -0.1) is 12.4 Å². The summed E-state index contributed by atoms with van der Waals surface area (Å²) in [6.45, 7) is 3.98. The van der Waals surface area contributed by atoms with E-state index in [1.54, 1.807) is 24.7 Å². The zero-order chi connectivity index (χ0) is 19.8. The van der Waals surface area contributed by atoms with Crippen LogP contribution in [0.25, 0.3) is 22.4 Å². The van der Waals surface area contributed by atoms with Crippen LogP contribution in [0.2, 0.25) is 0 Å². The van der Waals surface area contributed by atoms with Gasteiger partial charge >= 0.3 is 0 Å². The number of H-pyrrole nitrogens is 1. The molecule has 0 amide bonds. The van der Waals surface area contributed by atoms with Crippen LogP contribution in [0, 0.1) is 11.6 Å². The van der Waals surface area contributed by atoms with E-state index >= 15 is 0 Å². The molecule has 0 aliphatic heterocycles. The van der Waals surface area contributed by atoms with E-state index in [0.29, 0.717) is 34.7 Å². The average molecular weight is 418 g/mol. The third-order valence-electron chi connectivity index (χ3n) is 4.39. The molecule has 3 heterocycles. The van der Waals surface area contributed by atoms with Crippen molar-refractivity contribution in [2.24, 2.45) is 0 Å². The van der Waals surface area contributed by atoms with Gasteiger partial charge in [0.05, 0.1) is 12.0 Å². The zero-order valence-electron chi connectivity index (χ0n) is 15.7. The Morgan fingerprint density at radius 2 is 1.83 bits per heavy atom. The molecule has 4 aromatic rings. The quantitative estimate of drug-likeness (QED) is 0.543. The maximum Gasteiger partial charge on any atom is 0.279 e. The highest BCUT2D eigenvalue weighted by atomic mass is 35.5. The number of nitrogens with zero attached hydrogens (tertiary/aromatic N) is 4. The fourth-order valence-electron chi connectivity index (χ4n) is 3.03. The molecule has 3 aromatic heterocycles. The molecule has 0 bridgehead atoms. The summed E-state index contributed by atoms with van der Waals surface area (Å²) in [7, 11) is 0. The molecule has 0 unspecified atom stereocenters. The highest BCUT2D eigenvalue weighted by molar-refractivity contribution is 5.85. The monoisotopic (exact) mass is 417 g/mol. The molecule has 0 spiro atoms. The number of hydrogen-bond donors (Lipinski definition) is 1. The summed E-state index contributed by atoms with van der Waals surface area (Å²) < 4.78 is 28.6. The van der Waals surface area contributed by atoms with Crippen molar-refractivity contribution in [1.29, 1.82) is 0 Å². The predicted octanol–water partition coefficient (Wildman–Crippen LogP) is 4.05. The summed E-state index contributed by atoms with van der Waals surface area (Å²) in [5.74, 6) is -0.818. The Morgan fingerprint density at radius 1 is 1.10 bits per heavy atom. The second-order valence-electron chi connectivity index (χ2n) is 6.82. The van der Waals surface area contributed by atoms with E-state index in [-0.39, 0.29) is 24.0 Å². The number of benzene rings is 1. The summed E-state index contributed by atoms with van der Waals surface area (Å²) >= 11 is 0. The summed E-state index contributed by atoms with van der Waals surface area (Å²) in [4.78, 5) is 28.0. The number of rotatable bonds is 4. The largest absolute Gasteiger partial charge is 0.313 e. The first-order chi connectivity index (χ1) is 13.4. The molecule has 0 saturated carbocycles. The molecule has 0 aliphatic carbocycles. The molecule has 1 N–H and O–H groups in total. The van der Waals surface area contributed by atoms with Crippen LogP contribution in [0.15, 0.2) is 47.7 Å². The van der Waals surface area contributed by atoms with Crippen LogP contribution in [-0.2, 0) is 6.42 Å². The van der Waals surface area contributed by atoms with Crippen molar-refractivity contribution >= 4 is 23.6 Å². The summed E-state index contributed by atoms with van der Waals surface area (Å²) in [6.07, 6.45) is 3.57. The van der Waals surface area contributed by atoms with Crippen LogP contribution in [0.5, 0.6) is 0 Å². The number of imidazole rings is 1. The van der Waals surface area contributed by atoms with E-state index in [2.05, 4.69) is 19.9 Å². The Bertz CT molecular complexity index is 1200. The van der Waals surface area contributed by atoms with Crippen molar-refractivity contribution in [1.82, 2.24) is 24.5 Å². The van der Waals surface area contributed by atoms with E-state index in [0.717, 1.165) is 11.6 Å². The highest BCUT2D eigenvalue weighted by Gasteiger charge is 2.13. The smallest absolute Gasteiger partial charge is 0.279 e. The first-order valence-electron chi connectivity index (χ1n) is 8.78. The van der Waals surface area contributed by atoms with E-state index in [9.17, 15) is 13.6 Å². The van der Waals surface area contributed by atoms with Crippen LogP contribution in [0.4, 0.5) is 8.78 Å². The van der Waals surface area contributed by atoms with Gasteiger partial charge in [0.2, 0.25) is 0 Å². The third kappa shape index (κ3) is 4.17. The minimum absolute atomic E-state index is 0. The molecular weight excluding hydrogens is 400 g/mol. The van der Waals surface area contributed by atoms with Crippen LogP contribution < -0.4 is 5.56 Å². The number of aromatic amines is 1. The second kappa shape index (κ2) is 8.08. The van der Waals surface area contributed by atoms with Gasteiger partial charge in [0.1, 0.15) is 17.5 Å². The van der Waals surface area contributed by atoms with Gasteiger partial charge in [-0.2, -0.15) is 0 Å². The topological polar surface area (TPSA) is 76.5 Å². The van der Waals surface area contributed by atoms with Gasteiger partial charge in [-0.25, -0.2) is 18.7 Å². The fourth-order valence-corrected chi connectivity index (χ4v) is 3.03. The number of halogens is 3. The molecule has 0 saturated heterocycles. The Labute approximate surface area is 171 Å². The Kier molecular flexibility index (Phi) is 5.74. The highest BCUT2D eigenvalue weighted by Crippen LogP contribution is 2.20. The molecule has 0 aliphatic rings. The lowest BCUT2D eigenvalue weighted by Crippen LogP contribution is -2.14. The Balaban J connectivity index is 0.00000240. The maximum absolute atomic E-state index is 13.4. The van der Waals surface area contributed by atoms with E-state index in [1.165, 1.54) is 12.1 Å². The van der Waals surface area contributed by atoms with Crippen molar-refractivity contribution in [2.45, 2.75) is 26.3 Å². The summed E-state index contributed by atoms with van der Waals surface area (Å²) in [5, 5.41) is 0. The fraction of sp³-hybridized carbons (Fsp3) is 0.200. The van der Waals surface area contributed by atoms with Gasteiger partial charge < -0.3 is 9.55 Å². The lowest BCUT2D eigenvalue weighted by atomic mass is 10.1. The zero-order valence-corrected chi connectivity index (χ0v) is 16.5. The molecule has 29 heavy (non-hydrogen) atoms. The third-order valence-corrected chi connectivity index (χ3v) is 4.39. The lowest BCUT2D eigenvalue weighted by molar-refractivity contribution is 0.584. The van der Waals surface area contributed by atoms with Crippen molar-refractivity contribution in [3.63, 3.8) is 0 Å². The number of hydrogen-bond acceptors (Lipinski definition) is 4. The van der Waals surface area contributed by atoms with Crippen LogP contribution in [0.1, 0.15) is 31.3 Å². The van der Waals surface area contributed by atoms with Crippen molar-refractivity contribution < 1.29 is 8.78 Å². The van der Waals surface area contributed by atoms with Crippen LogP contribution in [0.3, 0.4) is 0 Å². The van der Waals surface area contributed by atoms with Gasteiger partial charge in [0.25, 0.3) is 5.56 Å². The van der Waals surface area contributed by atoms with Gasteiger partial charge in [0.15, 0.2) is 11.2 Å². The second-order valence-corrected chi connectivity index (χ2v) is 6.82. The van der Waals surface area contributed by atoms with E-state index in [1.807, 2.05) is 18.4 Å². The lowest BCUT2D eigenvalue weighted by Gasteiger charge is -2.08. The van der Waals surface area contributed by atoms with Crippen molar-refractivity contribution in [3.8, 4) is 11.3 Å². The van der Waals surface area contributed by atoms with Gasteiger partial charge in [-0.05, 0) is 37.6 Å². The molecule has 0 radical (unpaired) electrons. The number of fused-ring (bicyclic) bond motifs is 1. The normalized spacial score (nSPS) is 11.1.